The Morgan fingerprint density at radius 2 is 2.00 bits per heavy atom. The molecule has 2 rings (SSSR count). The number of nitrogens with one attached hydrogen (secondary N) is 1. The molecule has 0 saturated carbocycles. The smallest absolute Gasteiger partial charge is 0.412 e. The first-order valence-electron chi connectivity index (χ1n) is 7.17. The number of anilines is 1. The van der Waals surface area contributed by atoms with E-state index in [-0.39, 0.29) is 6.42 Å². The van der Waals surface area contributed by atoms with E-state index in [9.17, 15) is 4.79 Å². The third-order valence-corrected chi connectivity index (χ3v) is 2.76. The topological polar surface area (TPSA) is 87.9 Å². The van der Waals surface area contributed by atoms with E-state index in [4.69, 9.17) is 10.00 Å². The lowest BCUT2D eigenvalue weighted by atomic mass is 10.1. The van der Waals surface area contributed by atoms with Crippen LogP contribution in [0.1, 0.15) is 26.6 Å². The van der Waals surface area contributed by atoms with Crippen LogP contribution in [-0.2, 0) is 11.2 Å². The Hall–Kier alpha value is -2.94. The lowest BCUT2D eigenvalue weighted by Gasteiger charge is -2.20. The zero-order valence-electron chi connectivity index (χ0n) is 13.3. The second-order valence-electron chi connectivity index (χ2n) is 5.88. The molecule has 0 fully saturated rings. The minimum Gasteiger partial charge on any atom is -0.444 e. The number of carbonyl (C=O) groups is 1. The molecule has 1 aromatic carbocycles. The van der Waals surface area contributed by atoms with Crippen molar-refractivity contribution in [2.45, 2.75) is 32.8 Å². The van der Waals surface area contributed by atoms with Gasteiger partial charge in [-0.3, -0.25) is 5.32 Å². The Bertz CT molecular complexity index is 730. The summed E-state index contributed by atoms with van der Waals surface area (Å²) < 4.78 is 5.25. The highest BCUT2D eigenvalue weighted by molar-refractivity contribution is 5.90. The molecule has 0 radical (unpaired) electrons. The van der Waals surface area contributed by atoms with Crippen LogP contribution in [0.4, 0.5) is 10.5 Å². The van der Waals surface area contributed by atoms with Crippen molar-refractivity contribution in [3.05, 3.63) is 42.4 Å². The molecule has 1 aromatic heterocycles. The summed E-state index contributed by atoms with van der Waals surface area (Å²) in [5.41, 5.74) is 1.21. The fourth-order valence-electron chi connectivity index (χ4n) is 1.90. The van der Waals surface area contributed by atoms with Crippen molar-refractivity contribution in [1.29, 1.82) is 5.26 Å². The summed E-state index contributed by atoms with van der Waals surface area (Å²) in [7, 11) is 0. The Balaban J connectivity index is 2.35. The number of amides is 1. The van der Waals surface area contributed by atoms with Crippen LogP contribution in [0.3, 0.4) is 0 Å². The highest BCUT2D eigenvalue weighted by Gasteiger charge is 2.18. The van der Waals surface area contributed by atoms with Crippen LogP contribution in [0.15, 0.2) is 36.5 Å². The SMILES string of the molecule is CC(C)(C)OC(=O)Nc1cnc(CC#N)nc1-c1ccccc1. The predicted molar refractivity (Wildman–Crippen MR) is 86.6 cm³/mol. The van der Waals surface area contributed by atoms with Gasteiger partial charge in [0, 0.05) is 5.56 Å². The van der Waals surface area contributed by atoms with Gasteiger partial charge in [-0.1, -0.05) is 30.3 Å². The molecule has 1 heterocycles. The van der Waals surface area contributed by atoms with Gasteiger partial charge in [-0.05, 0) is 20.8 Å². The number of hydrogen-bond acceptors (Lipinski definition) is 5. The Kier molecular flexibility index (Phi) is 4.91. The van der Waals surface area contributed by atoms with Gasteiger partial charge in [0.1, 0.15) is 11.4 Å². The van der Waals surface area contributed by atoms with Gasteiger partial charge >= 0.3 is 6.09 Å². The molecule has 2 aromatic rings. The molecule has 0 aliphatic heterocycles. The summed E-state index contributed by atoms with van der Waals surface area (Å²) in [5.74, 6) is 0.404. The van der Waals surface area contributed by atoms with Gasteiger partial charge in [0.15, 0.2) is 0 Å². The van der Waals surface area contributed by atoms with Crippen LogP contribution in [0, 0.1) is 11.3 Å². The fraction of sp³-hybridized carbons (Fsp3) is 0.294. The van der Waals surface area contributed by atoms with E-state index in [2.05, 4.69) is 15.3 Å². The summed E-state index contributed by atoms with van der Waals surface area (Å²) in [4.78, 5) is 20.5. The summed E-state index contributed by atoms with van der Waals surface area (Å²) >= 11 is 0. The van der Waals surface area contributed by atoms with Crippen molar-refractivity contribution in [2.24, 2.45) is 0 Å². The normalized spacial score (nSPS) is 10.7. The predicted octanol–water partition coefficient (Wildman–Crippen LogP) is 3.56. The van der Waals surface area contributed by atoms with Crippen LogP contribution in [0.5, 0.6) is 0 Å². The first-order valence-corrected chi connectivity index (χ1v) is 7.17. The number of rotatable bonds is 3. The molecule has 6 heteroatoms. The molecule has 23 heavy (non-hydrogen) atoms. The Morgan fingerprint density at radius 1 is 1.30 bits per heavy atom. The molecule has 0 unspecified atom stereocenters. The van der Waals surface area contributed by atoms with Gasteiger partial charge in [-0.15, -0.1) is 0 Å². The van der Waals surface area contributed by atoms with Gasteiger partial charge in [0.05, 0.1) is 30.1 Å². The first-order chi connectivity index (χ1) is 10.9. The van der Waals surface area contributed by atoms with Crippen molar-refractivity contribution in [2.75, 3.05) is 5.32 Å². The van der Waals surface area contributed by atoms with E-state index in [1.54, 1.807) is 20.8 Å². The van der Waals surface area contributed by atoms with Crippen LogP contribution < -0.4 is 5.32 Å². The highest BCUT2D eigenvalue weighted by Crippen LogP contribution is 2.25. The van der Waals surface area contributed by atoms with E-state index in [1.165, 1.54) is 6.20 Å². The molecular formula is C17H18N4O2. The fourth-order valence-corrected chi connectivity index (χ4v) is 1.90. The zero-order chi connectivity index (χ0) is 16.9. The molecule has 0 aliphatic carbocycles. The maximum absolute atomic E-state index is 12.0. The Labute approximate surface area is 135 Å². The van der Waals surface area contributed by atoms with Crippen molar-refractivity contribution < 1.29 is 9.53 Å². The van der Waals surface area contributed by atoms with Crippen molar-refractivity contribution in [1.82, 2.24) is 9.97 Å². The standard InChI is InChI=1S/C17H18N4O2/c1-17(2,3)23-16(22)20-13-11-19-14(9-10-18)21-15(13)12-7-5-4-6-8-12/h4-8,11H,9H2,1-3H3,(H,20,22). The van der Waals surface area contributed by atoms with Crippen molar-refractivity contribution in [3.63, 3.8) is 0 Å². The summed E-state index contributed by atoms with van der Waals surface area (Å²) in [6.45, 7) is 5.37. The summed E-state index contributed by atoms with van der Waals surface area (Å²) in [5, 5.41) is 11.5. The number of ether oxygens (including phenoxy) is 1. The number of aromatic nitrogens is 2. The zero-order valence-corrected chi connectivity index (χ0v) is 13.3. The number of benzene rings is 1. The summed E-state index contributed by atoms with van der Waals surface area (Å²) in [6.07, 6.45) is 1.02. The molecule has 118 valence electrons. The van der Waals surface area contributed by atoms with E-state index in [1.807, 2.05) is 36.4 Å². The monoisotopic (exact) mass is 310 g/mol. The van der Waals surface area contributed by atoms with Gasteiger partial charge < -0.3 is 4.74 Å². The van der Waals surface area contributed by atoms with Crippen molar-refractivity contribution >= 4 is 11.8 Å². The number of hydrogen-bond donors (Lipinski definition) is 1. The minimum absolute atomic E-state index is 0.104. The second kappa shape index (κ2) is 6.88. The molecule has 0 saturated heterocycles. The number of carbonyl (C=O) groups excluding carboxylic acids is 1. The van der Waals surface area contributed by atoms with Crippen molar-refractivity contribution in [3.8, 4) is 17.3 Å². The third kappa shape index (κ3) is 4.78. The summed E-state index contributed by atoms with van der Waals surface area (Å²) in [6, 6.07) is 11.4. The first kappa shape index (κ1) is 16.4. The maximum atomic E-state index is 12.0. The minimum atomic E-state index is -0.599. The van der Waals surface area contributed by atoms with E-state index >= 15 is 0 Å². The van der Waals surface area contributed by atoms with E-state index in [0.29, 0.717) is 17.2 Å². The quantitative estimate of drug-likeness (QED) is 0.936. The van der Waals surface area contributed by atoms with Gasteiger partial charge in [-0.2, -0.15) is 5.26 Å². The molecule has 0 aliphatic rings. The molecule has 1 N–H and O–H groups in total. The molecule has 0 atom stereocenters. The largest absolute Gasteiger partial charge is 0.444 e. The highest BCUT2D eigenvalue weighted by atomic mass is 16.6. The lowest BCUT2D eigenvalue weighted by Crippen LogP contribution is -2.27. The number of nitriles is 1. The average molecular weight is 310 g/mol. The van der Waals surface area contributed by atoms with E-state index in [0.717, 1.165) is 5.56 Å². The average Bonchev–Trinajstić information content (AvgIpc) is 2.48. The molecule has 1 amide bonds. The van der Waals surface area contributed by atoms with Crippen LogP contribution in [0.25, 0.3) is 11.3 Å². The van der Waals surface area contributed by atoms with Gasteiger partial charge in [-0.25, -0.2) is 14.8 Å². The van der Waals surface area contributed by atoms with Crippen LogP contribution in [0.2, 0.25) is 0 Å². The molecular weight excluding hydrogens is 292 g/mol. The van der Waals surface area contributed by atoms with Crippen LogP contribution in [-0.4, -0.2) is 21.7 Å². The van der Waals surface area contributed by atoms with Gasteiger partial charge in [0.2, 0.25) is 0 Å². The Morgan fingerprint density at radius 3 is 2.61 bits per heavy atom. The van der Waals surface area contributed by atoms with Gasteiger partial charge in [0.25, 0.3) is 0 Å². The van der Waals surface area contributed by atoms with E-state index < -0.39 is 11.7 Å². The maximum Gasteiger partial charge on any atom is 0.412 e. The second-order valence-corrected chi connectivity index (χ2v) is 5.88. The third-order valence-electron chi connectivity index (χ3n) is 2.76. The number of nitrogens with zero attached hydrogens (tertiary/aromatic N) is 3. The molecule has 0 spiro atoms. The molecule has 0 bridgehead atoms. The molecule has 6 nitrogen and oxygen atoms in total. The lowest BCUT2D eigenvalue weighted by molar-refractivity contribution is 0.0636. The van der Waals surface area contributed by atoms with Crippen LogP contribution >= 0.6 is 0 Å².